The number of nitrogens with one attached hydrogen (secondary N) is 2. The second kappa shape index (κ2) is 9.85. The van der Waals surface area contributed by atoms with Crippen molar-refractivity contribution < 1.29 is 9.59 Å². The topological polar surface area (TPSA) is 91.0 Å². The average Bonchev–Trinajstić information content (AvgIpc) is 3.70. The van der Waals surface area contributed by atoms with Crippen LogP contribution in [0.25, 0.3) is 28.3 Å². The van der Waals surface area contributed by atoms with Crippen molar-refractivity contribution in [1.82, 2.24) is 20.3 Å². The first-order valence-corrected chi connectivity index (χ1v) is 12.6. The standard InChI is InChI=1S/C30H27N5O2/c36-29-4-2-14-35(29)25-7-5-20(6-8-25)22-15-23(19-31-18-22)26-10-13-33-28-17-21(16-27(26)28)30(37)34-12-9-24-3-1-11-32-24/h1,3,5-8,10-11,13,15-16,18-19,32H,2,4,9,12,14,17H2,(H,34,37). The molecule has 0 atom stereocenters. The summed E-state index contributed by atoms with van der Waals surface area (Å²) in [5.74, 6) is 0.128. The van der Waals surface area contributed by atoms with Gasteiger partial charge in [0.1, 0.15) is 0 Å². The number of anilines is 1. The highest BCUT2D eigenvalue weighted by Gasteiger charge is 2.23. The first-order valence-electron chi connectivity index (χ1n) is 12.6. The second-order valence-corrected chi connectivity index (χ2v) is 9.42. The smallest absolute Gasteiger partial charge is 0.247 e. The zero-order valence-electron chi connectivity index (χ0n) is 20.4. The van der Waals surface area contributed by atoms with Crippen LogP contribution in [0.15, 0.2) is 78.9 Å². The van der Waals surface area contributed by atoms with Crippen LogP contribution in [0.1, 0.15) is 29.8 Å². The van der Waals surface area contributed by atoms with Crippen LogP contribution in [0.5, 0.6) is 0 Å². The van der Waals surface area contributed by atoms with Gasteiger partial charge in [-0.1, -0.05) is 12.1 Å². The van der Waals surface area contributed by atoms with Gasteiger partial charge in [-0.3, -0.25) is 19.6 Å². The largest absolute Gasteiger partial charge is 0.365 e. The summed E-state index contributed by atoms with van der Waals surface area (Å²) >= 11 is 0. The van der Waals surface area contributed by atoms with Crippen molar-refractivity contribution in [3.63, 3.8) is 0 Å². The van der Waals surface area contributed by atoms with E-state index in [0.717, 1.165) is 69.9 Å². The van der Waals surface area contributed by atoms with E-state index in [1.165, 1.54) is 0 Å². The average molecular weight is 490 g/mol. The number of H-pyrrole nitrogens is 1. The van der Waals surface area contributed by atoms with Gasteiger partial charge >= 0.3 is 0 Å². The van der Waals surface area contributed by atoms with E-state index in [4.69, 9.17) is 0 Å². The Balaban J connectivity index is 1.21. The minimum Gasteiger partial charge on any atom is -0.365 e. The lowest BCUT2D eigenvalue weighted by Crippen LogP contribution is -2.27. The maximum absolute atomic E-state index is 12.8. The van der Waals surface area contributed by atoms with E-state index in [0.29, 0.717) is 19.4 Å². The number of hydrogen-bond donors (Lipinski definition) is 2. The molecule has 3 aromatic heterocycles. The van der Waals surface area contributed by atoms with Crippen LogP contribution in [0.4, 0.5) is 5.69 Å². The first-order chi connectivity index (χ1) is 18.2. The zero-order chi connectivity index (χ0) is 25.2. The van der Waals surface area contributed by atoms with Crippen LogP contribution in [0.2, 0.25) is 0 Å². The van der Waals surface area contributed by atoms with Crippen LogP contribution < -0.4 is 10.2 Å². The van der Waals surface area contributed by atoms with Gasteiger partial charge in [-0.25, -0.2) is 0 Å². The van der Waals surface area contributed by atoms with Crippen molar-refractivity contribution in [2.24, 2.45) is 0 Å². The number of pyridine rings is 2. The molecular formula is C30H27N5O2. The van der Waals surface area contributed by atoms with Crippen molar-refractivity contribution in [1.29, 1.82) is 0 Å². The Bertz CT molecular complexity index is 1490. The van der Waals surface area contributed by atoms with E-state index in [9.17, 15) is 9.59 Å². The van der Waals surface area contributed by atoms with E-state index in [1.807, 2.05) is 72.0 Å². The predicted molar refractivity (Wildman–Crippen MR) is 144 cm³/mol. The van der Waals surface area contributed by atoms with Gasteiger partial charge < -0.3 is 15.2 Å². The monoisotopic (exact) mass is 489 g/mol. The summed E-state index contributed by atoms with van der Waals surface area (Å²) in [4.78, 5) is 38.9. The van der Waals surface area contributed by atoms with Crippen LogP contribution in [0, 0.1) is 0 Å². The van der Waals surface area contributed by atoms with E-state index >= 15 is 0 Å². The molecule has 0 saturated carbocycles. The fourth-order valence-corrected chi connectivity index (χ4v) is 5.07. The normalized spacial score (nSPS) is 14.5. The maximum atomic E-state index is 12.8. The van der Waals surface area contributed by atoms with Gasteiger partial charge in [0, 0.05) is 90.8 Å². The number of aromatic nitrogens is 3. The summed E-state index contributed by atoms with van der Waals surface area (Å²) in [6.45, 7) is 1.35. The fourth-order valence-electron chi connectivity index (χ4n) is 5.07. The second-order valence-electron chi connectivity index (χ2n) is 9.42. The van der Waals surface area contributed by atoms with Gasteiger partial charge in [-0.15, -0.1) is 0 Å². The Hall–Kier alpha value is -4.52. The van der Waals surface area contributed by atoms with Gasteiger partial charge in [0.25, 0.3) is 0 Å². The molecule has 0 spiro atoms. The molecule has 0 radical (unpaired) electrons. The number of benzene rings is 1. The SMILES string of the molecule is O=C(NCCc1ccc[nH]1)C1=Cc2c(-c3cncc(-c4ccc(N5CCCC5=O)cc4)c3)ccnc2C1. The third kappa shape index (κ3) is 4.68. The third-order valence-electron chi connectivity index (χ3n) is 7.02. The first kappa shape index (κ1) is 22.9. The molecule has 2 aliphatic rings. The molecule has 1 aliphatic carbocycles. The lowest BCUT2D eigenvalue weighted by molar-refractivity contribution is -0.118. The number of aromatic amines is 1. The number of nitrogens with zero attached hydrogens (tertiary/aromatic N) is 3. The molecule has 4 heterocycles. The minimum absolute atomic E-state index is 0.0565. The Kier molecular flexibility index (Phi) is 6.10. The van der Waals surface area contributed by atoms with E-state index in [-0.39, 0.29) is 11.8 Å². The summed E-state index contributed by atoms with van der Waals surface area (Å²) in [7, 11) is 0. The molecule has 37 heavy (non-hydrogen) atoms. The van der Waals surface area contributed by atoms with Crippen LogP contribution in [0.3, 0.4) is 0 Å². The Morgan fingerprint density at radius 1 is 1.05 bits per heavy atom. The van der Waals surface area contributed by atoms with E-state index in [1.54, 1.807) is 6.20 Å². The van der Waals surface area contributed by atoms with Crippen molar-refractivity contribution in [3.05, 3.63) is 95.8 Å². The van der Waals surface area contributed by atoms with Crippen LogP contribution in [-0.2, 0) is 22.4 Å². The summed E-state index contributed by atoms with van der Waals surface area (Å²) < 4.78 is 0. The van der Waals surface area contributed by atoms with E-state index in [2.05, 4.69) is 26.3 Å². The highest BCUT2D eigenvalue weighted by Crippen LogP contribution is 2.34. The fraction of sp³-hybridized carbons (Fsp3) is 0.200. The highest BCUT2D eigenvalue weighted by atomic mass is 16.2. The molecule has 1 aromatic carbocycles. The van der Waals surface area contributed by atoms with Crippen LogP contribution >= 0.6 is 0 Å². The molecule has 7 nitrogen and oxygen atoms in total. The van der Waals surface area contributed by atoms with Crippen molar-refractivity contribution >= 4 is 23.6 Å². The number of fused-ring (bicyclic) bond motifs is 1. The molecule has 0 bridgehead atoms. The molecule has 6 rings (SSSR count). The maximum Gasteiger partial charge on any atom is 0.247 e. The molecule has 0 unspecified atom stereocenters. The van der Waals surface area contributed by atoms with Crippen molar-refractivity contribution in [3.8, 4) is 22.3 Å². The van der Waals surface area contributed by atoms with Gasteiger partial charge in [-0.05, 0) is 60.0 Å². The van der Waals surface area contributed by atoms with E-state index < -0.39 is 0 Å². The number of carbonyl (C=O) groups is 2. The number of hydrogen-bond acceptors (Lipinski definition) is 4. The molecule has 1 fully saturated rings. The van der Waals surface area contributed by atoms with Gasteiger partial charge in [0.15, 0.2) is 0 Å². The lowest BCUT2D eigenvalue weighted by atomic mass is 9.98. The molecule has 2 amide bonds. The highest BCUT2D eigenvalue weighted by molar-refractivity contribution is 6.01. The number of rotatable bonds is 7. The summed E-state index contributed by atoms with van der Waals surface area (Å²) in [6.07, 6.45) is 12.1. The molecule has 184 valence electrons. The summed E-state index contributed by atoms with van der Waals surface area (Å²) in [5.41, 5.74) is 8.63. The summed E-state index contributed by atoms with van der Waals surface area (Å²) in [5, 5.41) is 3.02. The summed E-state index contributed by atoms with van der Waals surface area (Å²) in [6, 6.07) is 16.1. The predicted octanol–water partition coefficient (Wildman–Crippen LogP) is 4.56. The Morgan fingerprint density at radius 2 is 1.92 bits per heavy atom. The third-order valence-corrected chi connectivity index (χ3v) is 7.02. The lowest BCUT2D eigenvalue weighted by Gasteiger charge is -2.16. The molecular weight excluding hydrogens is 462 g/mol. The van der Waals surface area contributed by atoms with Gasteiger partial charge in [-0.2, -0.15) is 0 Å². The van der Waals surface area contributed by atoms with Gasteiger partial charge in [0.05, 0.1) is 5.69 Å². The quantitative estimate of drug-likeness (QED) is 0.398. The van der Waals surface area contributed by atoms with Crippen LogP contribution in [-0.4, -0.2) is 39.9 Å². The molecule has 1 saturated heterocycles. The molecule has 2 N–H and O–H groups in total. The Labute approximate surface area is 215 Å². The minimum atomic E-state index is -0.0565. The van der Waals surface area contributed by atoms with Gasteiger partial charge in [0.2, 0.25) is 11.8 Å². The zero-order valence-corrected chi connectivity index (χ0v) is 20.4. The molecule has 7 heteroatoms. The van der Waals surface area contributed by atoms with Crippen molar-refractivity contribution in [2.45, 2.75) is 25.7 Å². The number of carbonyl (C=O) groups excluding carboxylic acids is 2. The Morgan fingerprint density at radius 3 is 2.70 bits per heavy atom. The molecule has 1 aliphatic heterocycles. The number of amides is 2. The van der Waals surface area contributed by atoms with Crippen molar-refractivity contribution in [2.75, 3.05) is 18.0 Å². The molecule has 4 aromatic rings.